The average molecular weight is 363 g/mol. The fourth-order valence-corrected chi connectivity index (χ4v) is 2.76. The van der Waals surface area contributed by atoms with Gasteiger partial charge in [-0.05, 0) is 46.8 Å². The van der Waals surface area contributed by atoms with Crippen LogP contribution in [0.3, 0.4) is 0 Å². The van der Waals surface area contributed by atoms with Crippen molar-refractivity contribution in [1.82, 2.24) is 0 Å². The van der Waals surface area contributed by atoms with Gasteiger partial charge in [-0.3, -0.25) is 0 Å². The van der Waals surface area contributed by atoms with Crippen LogP contribution in [0.2, 0.25) is 0 Å². The highest BCUT2D eigenvalue weighted by atomic mass is 16.5. The van der Waals surface area contributed by atoms with E-state index >= 15 is 0 Å². The minimum absolute atomic E-state index is 0.113. The van der Waals surface area contributed by atoms with Crippen LogP contribution >= 0.6 is 0 Å². The monoisotopic (exact) mass is 363 g/mol. The maximum absolute atomic E-state index is 9.91. The Balaban J connectivity index is 2.73. The van der Waals surface area contributed by atoms with Gasteiger partial charge in [-0.1, -0.05) is 17.7 Å². The van der Waals surface area contributed by atoms with Gasteiger partial charge in [-0.2, -0.15) is 10.5 Å². The van der Waals surface area contributed by atoms with E-state index in [0.29, 0.717) is 28.3 Å². The molecule has 0 radical (unpaired) electrons. The van der Waals surface area contributed by atoms with E-state index in [9.17, 15) is 10.5 Å². The Labute approximate surface area is 161 Å². The molecule has 0 amide bonds. The second kappa shape index (κ2) is 8.47. The summed E-state index contributed by atoms with van der Waals surface area (Å²) < 4.78 is 11.8. The van der Waals surface area contributed by atoms with Crippen LogP contribution in [-0.4, -0.2) is 19.3 Å². The fraction of sp³-hybridized carbons (Fsp3) is 0.364. The van der Waals surface area contributed by atoms with Crippen LogP contribution in [0.25, 0.3) is 0 Å². The van der Waals surface area contributed by atoms with E-state index in [0.717, 1.165) is 11.3 Å². The summed E-state index contributed by atoms with van der Waals surface area (Å²) in [5, 5.41) is 19.6. The number of benzene rings is 2. The number of aryl methyl sites for hydroxylation is 1. The number of nitrogens with zero attached hydrogens (tertiary/aromatic N) is 3. The first-order chi connectivity index (χ1) is 12.8. The fourth-order valence-electron chi connectivity index (χ4n) is 2.76. The molecule has 2 aromatic carbocycles. The summed E-state index contributed by atoms with van der Waals surface area (Å²) >= 11 is 0. The Morgan fingerprint density at radius 2 is 1.52 bits per heavy atom. The summed E-state index contributed by atoms with van der Waals surface area (Å²) in [7, 11) is 1.84. The van der Waals surface area contributed by atoms with Crippen molar-refractivity contribution in [2.24, 2.45) is 0 Å². The molecule has 0 aliphatic heterocycles. The van der Waals surface area contributed by atoms with Gasteiger partial charge in [0, 0.05) is 18.8 Å². The Morgan fingerprint density at radius 1 is 0.926 bits per heavy atom. The van der Waals surface area contributed by atoms with Gasteiger partial charge in [0.2, 0.25) is 0 Å². The zero-order valence-corrected chi connectivity index (χ0v) is 16.7. The van der Waals surface area contributed by atoms with Crippen LogP contribution in [0.1, 0.15) is 44.4 Å². The Kier molecular flexibility index (Phi) is 6.32. The molecule has 0 bridgehead atoms. The molecule has 0 spiro atoms. The predicted molar refractivity (Wildman–Crippen MR) is 107 cm³/mol. The van der Waals surface area contributed by atoms with Crippen molar-refractivity contribution in [2.45, 2.75) is 46.8 Å². The molecule has 0 saturated carbocycles. The number of hydrogen-bond donors (Lipinski definition) is 0. The third-order valence-electron chi connectivity index (χ3n) is 3.92. The lowest BCUT2D eigenvalue weighted by Gasteiger charge is -2.26. The van der Waals surface area contributed by atoms with E-state index < -0.39 is 0 Å². The number of ether oxygens (including phenoxy) is 2. The van der Waals surface area contributed by atoms with Crippen LogP contribution < -0.4 is 14.4 Å². The molecule has 0 aromatic heterocycles. The predicted octanol–water partition coefficient (Wildman–Crippen LogP) is 5.08. The van der Waals surface area contributed by atoms with E-state index in [1.165, 1.54) is 0 Å². The van der Waals surface area contributed by atoms with Crippen molar-refractivity contribution in [1.29, 1.82) is 10.5 Å². The number of anilines is 2. The third kappa shape index (κ3) is 4.51. The number of rotatable bonds is 6. The largest absolute Gasteiger partial charge is 0.487 e. The highest BCUT2D eigenvalue weighted by Gasteiger charge is 2.25. The molecule has 0 fully saturated rings. The molecular formula is C22H25N3O2. The summed E-state index contributed by atoms with van der Waals surface area (Å²) in [5.74, 6) is 0.780. The summed E-state index contributed by atoms with van der Waals surface area (Å²) in [6.45, 7) is 9.58. The normalized spacial score (nSPS) is 10.4. The van der Waals surface area contributed by atoms with Crippen molar-refractivity contribution in [3.8, 4) is 23.6 Å². The summed E-state index contributed by atoms with van der Waals surface area (Å²) in [5.41, 5.74) is 3.18. The lowest BCUT2D eigenvalue weighted by molar-refractivity contribution is 0.198. The molecule has 2 rings (SSSR count). The van der Waals surface area contributed by atoms with E-state index in [1.807, 2.05) is 70.8 Å². The Hall–Kier alpha value is -3.18. The van der Waals surface area contributed by atoms with Crippen LogP contribution in [0.15, 0.2) is 30.3 Å². The van der Waals surface area contributed by atoms with Crippen LogP contribution in [0, 0.1) is 29.6 Å². The first kappa shape index (κ1) is 20.1. The Bertz CT molecular complexity index is 888. The molecule has 0 saturated heterocycles. The van der Waals surface area contributed by atoms with Crippen molar-refractivity contribution in [2.75, 3.05) is 11.9 Å². The third-order valence-corrected chi connectivity index (χ3v) is 3.92. The Morgan fingerprint density at radius 3 is 2.00 bits per heavy atom. The van der Waals surface area contributed by atoms with Crippen molar-refractivity contribution >= 4 is 11.4 Å². The highest BCUT2D eigenvalue weighted by molar-refractivity contribution is 5.80. The van der Waals surface area contributed by atoms with Gasteiger partial charge < -0.3 is 14.4 Å². The lowest BCUT2D eigenvalue weighted by Crippen LogP contribution is -2.17. The second-order valence-corrected chi connectivity index (χ2v) is 6.93. The van der Waals surface area contributed by atoms with Crippen LogP contribution in [0.4, 0.5) is 11.4 Å². The topological polar surface area (TPSA) is 69.3 Å². The lowest BCUT2D eigenvalue weighted by atomic mass is 10.0. The first-order valence-corrected chi connectivity index (χ1v) is 8.93. The van der Waals surface area contributed by atoms with Gasteiger partial charge in [0.25, 0.3) is 0 Å². The van der Waals surface area contributed by atoms with E-state index in [4.69, 9.17) is 9.47 Å². The first-order valence-electron chi connectivity index (χ1n) is 8.93. The molecular weight excluding hydrogens is 338 g/mol. The maximum Gasteiger partial charge on any atom is 0.181 e. The van der Waals surface area contributed by atoms with Crippen LogP contribution in [-0.2, 0) is 0 Å². The summed E-state index contributed by atoms with van der Waals surface area (Å²) in [6.07, 6.45) is -0.254. The zero-order chi connectivity index (χ0) is 20.1. The van der Waals surface area contributed by atoms with E-state index in [1.54, 1.807) is 6.07 Å². The highest BCUT2D eigenvalue weighted by Crippen LogP contribution is 2.43. The molecule has 0 aliphatic rings. The standard InChI is InChI=1S/C22H25N3O2/c1-14(2)26-20-11-17(12-23)21(19(13-24)22(20)27-15(3)4)25(6)18-9-7-16(5)8-10-18/h7-11,14-15H,1-6H3. The average Bonchev–Trinajstić information content (AvgIpc) is 2.61. The second-order valence-electron chi connectivity index (χ2n) is 6.93. The maximum atomic E-state index is 9.91. The van der Waals surface area contributed by atoms with Gasteiger partial charge in [-0.15, -0.1) is 0 Å². The van der Waals surface area contributed by atoms with Gasteiger partial charge in [0.05, 0.1) is 23.5 Å². The van der Waals surface area contributed by atoms with Crippen molar-refractivity contribution in [3.05, 3.63) is 47.0 Å². The molecule has 0 unspecified atom stereocenters. The number of nitriles is 2. The molecule has 0 N–H and O–H groups in total. The molecule has 0 atom stereocenters. The van der Waals surface area contributed by atoms with Gasteiger partial charge in [0.1, 0.15) is 17.7 Å². The van der Waals surface area contributed by atoms with Crippen molar-refractivity contribution in [3.63, 3.8) is 0 Å². The molecule has 0 heterocycles. The molecule has 2 aromatic rings. The van der Waals surface area contributed by atoms with Crippen LogP contribution in [0.5, 0.6) is 11.5 Å². The summed E-state index contributed by atoms with van der Waals surface area (Å²) in [4.78, 5) is 1.84. The molecule has 140 valence electrons. The minimum atomic E-state index is -0.142. The molecule has 5 heteroatoms. The summed E-state index contributed by atoms with van der Waals surface area (Å²) in [6, 6.07) is 14.0. The molecule has 5 nitrogen and oxygen atoms in total. The van der Waals surface area contributed by atoms with Crippen molar-refractivity contribution < 1.29 is 9.47 Å². The van der Waals surface area contributed by atoms with Gasteiger partial charge in [-0.25, -0.2) is 0 Å². The number of hydrogen-bond acceptors (Lipinski definition) is 5. The van der Waals surface area contributed by atoms with Gasteiger partial charge >= 0.3 is 0 Å². The quantitative estimate of drug-likeness (QED) is 0.716. The molecule has 0 aliphatic carbocycles. The van der Waals surface area contributed by atoms with E-state index in [-0.39, 0.29) is 12.2 Å². The smallest absolute Gasteiger partial charge is 0.181 e. The minimum Gasteiger partial charge on any atom is -0.487 e. The molecule has 27 heavy (non-hydrogen) atoms. The van der Waals surface area contributed by atoms with Gasteiger partial charge in [0.15, 0.2) is 11.5 Å². The zero-order valence-electron chi connectivity index (χ0n) is 16.7. The van der Waals surface area contributed by atoms with E-state index in [2.05, 4.69) is 12.1 Å². The SMILES string of the molecule is Cc1ccc(N(C)c2c(C#N)cc(OC(C)C)c(OC(C)C)c2C#N)cc1.